The molecule has 4 aromatic rings. The van der Waals surface area contributed by atoms with Crippen molar-refractivity contribution in [3.63, 3.8) is 0 Å². The van der Waals surface area contributed by atoms with E-state index in [4.69, 9.17) is 4.74 Å². The fourth-order valence-electron chi connectivity index (χ4n) is 3.92. The molecule has 0 fully saturated rings. The molecule has 6 heteroatoms. The summed E-state index contributed by atoms with van der Waals surface area (Å²) in [6.45, 7) is 5.20. The van der Waals surface area contributed by atoms with Gasteiger partial charge in [0.2, 0.25) is 0 Å². The molecule has 0 saturated heterocycles. The van der Waals surface area contributed by atoms with Gasteiger partial charge in [0.1, 0.15) is 5.75 Å². The predicted molar refractivity (Wildman–Crippen MR) is 136 cm³/mol. The molecule has 4 rings (SSSR count). The van der Waals surface area contributed by atoms with Crippen LogP contribution in [0, 0.1) is 6.92 Å². The third-order valence-electron chi connectivity index (χ3n) is 5.63. The maximum absolute atomic E-state index is 13.2. The van der Waals surface area contributed by atoms with Crippen LogP contribution in [0.4, 0.5) is 10.5 Å². The van der Waals surface area contributed by atoms with E-state index in [1.807, 2.05) is 67.6 Å². The predicted octanol–water partition coefficient (Wildman–Crippen LogP) is 5.51. The molecule has 34 heavy (non-hydrogen) atoms. The zero-order valence-corrected chi connectivity index (χ0v) is 19.5. The average molecular weight is 456 g/mol. The van der Waals surface area contributed by atoms with Crippen molar-refractivity contribution in [2.45, 2.75) is 26.8 Å². The van der Waals surface area contributed by atoms with Crippen LogP contribution < -0.4 is 15.6 Å². The van der Waals surface area contributed by atoms with Gasteiger partial charge >= 0.3 is 6.03 Å². The highest BCUT2D eigenvalue weighted by Crippen LogP contribution is 2.20. The summed E-state index contributed by atoms with van der Waals surface area (Å²) in [6, 6.07) is 24.7. The van der Waals surface area contributed by atoms with E-state index in [2.05, 4.69) is 35.4 Å². The number of fused-ring (bicyclic) bond motifs is 1. The van der Waals surface area contributed by atoms with Gasteiger partial charge in [-0.1, -0.05) is 48.0 Å². The van der Waals surface area contributed by atoms with E-state index in [9.17, 15) is 9.59 Å². The first-order chi connectivity index (χ1) is 16.5. The number of benzene rings is 3. The number of H-pyrrole nitrogens is 1. The fourth-order valence-corrected chi connectivity index (χ4v) is 3.92. The van der Waals surface area contributed by atoms with Crippen LogP contribution in [-0.2, 0) is 13.0 Å². The molecule has 0 aliphatic rings. The van der Waals surface area contributed by atoms with Crippen LogP contribution in [0.15, 0.2) is 83.7 Å². The third-order valence-corrected chi connectivity index (χ3v) is 5.63. The van der Waals surface area contributed by atoms with Gasteiger partial charge in [0, 0.05) is 28.7 Å². The summed E-state index contributed by atoms with van der Waals surface area (Å²) in [6.07, 6.45) is 0.684. The first-order valence-electron chi connectivity index (χ1n) is 11.5. The zero-order valence-electron chi connectivity index (χ0n) is 19.5. The molecule has 1 aromatic heterocycles. The number of nitrogens with zero attached hydrogens (tertiary/aromatic N) is 1. The minimum atomic E-state index is -0.249. The second kappa shape index (κ2) is 10.7. The smallest absolute Gasteiger partial charge is 0.322 e. The van der Waals surface area contributed by atoms with E-state index in [0.29, 0.717) is 30.8 Å². The molecule has 6 nitrogen and oxygen atoms in total. The molecule has 2 N–H and O–H groups in total. The standard InChI is InChI=1S/C28H29N3O3/c1-3-34-25-12-13-26-22(18-25)17-23(27(32)30-26)19-31(15-14-21-9-7-8-20(2)16-21)28(33)29-24-10-5-4-6-11-24/h4-13,16-18H,3,14-15,19H2,1-2H3,(H,29,33)(H,30,32). The molecule has 0 aliphatic heterocycles. The number of amides is 2. The number of carbonyl (C=O) groups excluding carboxylic acids is 1. The van der Waals surface area contributed by atoms with E-state index in [1.165, 1.54) is 5.56 Å². The lowest BCUT2D eigenvalue weighted by molar-refractivity contribution is 0.209. The molecule has 1 heterocycles. The van der Waals surface area contributed by atoms with E-state index in [1.54, 1.807) is 4.90 Å². The number of ether oxygens (including phenoxy) is 1. The number of hydrogen-bond donors (Lipinski definition) is 2. The van der Waals surface area contributed by atoms with Crippen LogP contribution >= 0.6 is 0 Å². The van der Waals surface area contributed by atoms with Crippen molar-refractivity contribution in [2.24, 2.45) is 0 Å². The van der Waals surface area contributed by atoms with Crippen LogP contribution in [0.5, 0.6) is 5.75 Å². The van der Waals surface area contributed by atoms with Crippen molar-refractivity contribution in [1.82, 2.24) is 9.88 Å². The summed E-state index contributed by atoms with van der Waals surface area (Å²) in [7, 11) is 0. The number of carbonyl (C=O) groups is 1. The van der Waals surface area contributed by atoms with Gasteiger partial charge in [0.25, 0.3) is 5.56 Å². The number of anilines is 1. The second-order valence-electron chi connectivity index (χ2n) is 8.26. The van der Waals surface area contributed by atoms with Crippen molar-refractivity contribution in [3.8, 4) is 5.75 Å². The molecular formula is C28H29N3O3. The number of urea groups is 1. The Bertz CT molecular complexity index is 1330. The van der Waals surface area contributed by atoms with Crippen molar-refractivity contribution in [1.29, 1.82) is 0 Å². The van der Waals surface area contributed by atoms with Gasteiger partial charge in [-0.2, -0.15) is 0 Å². The summed E-state index contributed by atoms with van der Waals surface area (Å²) in [4.78, 5) is 30.6. The van der Waals surface area contributed by atoms with Gasteiger partial charge in [-0.25, -0.2) is 4.79 Å². The Hall–Kier alpha value is -4.06. The number of rotatable bonds is 8. The molecular weight excluding hydrogens is 426 g/mol. The molecule has 3 aromatic carbocycles. The van der Waals surface area contributed by atoms with Crippen LogP contribution in [0.25, 0.3) is 10.9 Å². The molecule has 0 unspecified atom stereocenters. The molecule has 0 atom stereocenters. The summed E-state index contributed by atoms with van der Waals surface area (Å²) in [5, 5.41) is 3.81. The Balaban J connectivity index is 1.60. The largest absolute Gasteiger partial charge is 0.494 e. The average Bonchev–Trinajstić information content (AvgIpc) is 2.83. The Kier molecular flexibility index (Phi) is 7.28. The number of aryl methyl sites for hydroxylation is 1. The molecule has 0 radical (unpaired) electrons. The molecule has 2 amide bonds. The van der Waals surface area contributed by atoms with Gasteiger partial charge in [0.05, 0.1) is 13.2 Å². The highest BCUT2D eigenvalue weighted by atomic mass is 16.5. The monoisotopic (exact) mass is 455 g/mol. The van der Waals surface area contributed by atoms with Crippen LogP contribution in [0.1, 0.15) is 23.6 Å². The normalized spacial score (nSPS) is 10.8. The van der Waals surface area contributed by atoms with E-state index < -0.39 is 0 Å². The topological polar surface area (TPSA) is 74.4 Å². The molecule has 0 bridgehead atoms. The number of aromatic nitrogens is 1. The number of nitrogens with one attached hydrogen (secondary N) is 2. The van der Waals surface area contributed by atoms with Crippen molar-refractivity contribution >= 4 is 22.6 Å². The molecule has 174 valence electrons. The highest BCUT2D eigenvalue weighted by Gasteiger charge is 2.17. The van der Waals surface area contributed by atoms with E-state index in [-0.39, 0.29) is 18.1 Å². The van der Waals surface area contributed by atoms with Crippen molar-refractivity contribution < 1.29 is 9.53 Å². The van der Waals surface area contributed by atoms with Crippen LogP contribution in [0.3, 0.4) is 0 Å². The Morgan fingerprint density at radius 1 is 1.00 bits per heavy atom. The molecule has 0 saturated carbocycles. The quantitative estimate of drug-likeness (QED) is 0.368. The number of aromatic amines is 1. The summed E-state index contributed by atoms with van der Waals surface area (Å²) in [5.41, 5.74) is 4.08. The fraction of sp³-hybridized carbons (Fsp3) is 0.214. The Morgan fingerprint density at radius 3 is 2.59 bits per heavy atom. The Morgan fingerprint density at radius 2 is 1.82 bits per heavy atom. The first-order valence-corrected chi connectivity index (χ1v) is 11.5. The first kappa shape index (κ1) is 23.1. The lowest BCUT2D eigenvalue weighted by atomic mass is 10.1. The van der Waals surface area contributed by atoms with Gasteiger partial charge in [-0.3, -0.25) is 4.79 Å². The number of hydrogen-bond acceptors (Lipinski definition) is 3. The highest BCUT2D eigenvalue weighted by molar-refractivity contribution is 5.89. The maximum atomic E-state index is 13.2. The van der Waals surface area contributed by atoms with Gasteiger partial charge < -0.3 is 19.9 Å². The van der Waals surface area contributed by atoms with E-state index >= 15 is 0 Å². The number of para-hydroxylation sites is 1. The lowest BCUT2D eigenvalue weighted by Gasteiger charge is -2.23. The summed E-state index contributed by atoms with van der Waals surface area (Å²) in [5.74, 6) is 0.742. The minimum Gasteiger partial charge on any atom is -0.494 e. The van der Waals surface area contributed by atoms with Gasteiger partial charge in [-0.05, 0) is 62.2 Å². The van der Waals surface area contributed by atoms with Crippen molar-refractivity contribution in [2.75, 3.05) is 18.5 Å². The maximum Gasteiger partial charge on any atom is 0.322 e. The van der Waals surface area contributed by atoms with Gasteiger partial charge in [-0.15, -0.1) is 0 Å². The van der Waals surface area contributed by atoms with Crippen LogP contribution in [-0.4, -0.2) is 29.1 Å². The SMILES string of the molecule is CCOc1ccc2[nH]c(=O)c(CN(CCc3cccc(C)c3)C(=O)Nc3ccccc3)cc2c1. The number of pyridine rings is 1. The van der Waals surface area contributed by atoms with Gasteiger partial charge in [0.15, 0.2) is 0 Å². The summed E-state index contributed by atoms with van der Waals surface area (Å²) >= 11 is 0. The lowest BCUT2D eigenvalue weighted by Crippen LogP contribution is -2.37. The minimum absolute atomic E-state index is 0.189. The second-order valence-corrected chi connectivity index (χ2v) is 8.26. The Labute approximate surface area is 199 Å². The molecule has 0 aliphatic carbocycles. The van der Waals surface area contributed by atoms with Crippen LogP contribution in [0.2, 0.25) is 0 Å². The summed E-state index contributed by atoms with van der Waals surface area (Å²) < 4.78 is 5.60. The zero-order chi connectivity index (χ0) is 23.9. The van der Waals surface area contributed by atoms with E-state index in [0.717, 1.165) is 22.2 Å². The third kappa shape index (κ3) is 5.84. The molecule has 0 spiro atoms. The van der Waals surface area contributed by atoms with Crippen molar-refractivity contribution in [3.05, 3.63) is 106 Å².